The predicted molar refractivity (Wildman–Crippen MR) is 152 cm³/mol. The molecule has 0 aliphatic heterocycles. The first kappa shape index (κ1) is 32.9. The van der Waals surface area contributed by atoms with Crippen LogP contribution in [0.3, 0.4) is 0 Å². The molecule has 7 nitrogen and oxygen atoms in total. The molecule has 9 heteroatoms. The number of thioether (sulfide) groups is 2. The molecule has 2 aromatic carbocycles. The Labute approximate surface area is 222 Å². The highest BCUT2D eigenvalue weighted by molar-refractivity contribution is 8.13. The van der Waals surface area contributed by atoms with Gasteiger partial charge in [0.25, 0.3) is 5.24 Å². The molecule has 0 unspecified atom stereocenters. The van der Waals surface area contributed by atoms with Gasteiger partial charge in [0.1, 0.15) is 6.79 Å². The zero-order valence-electron chi connectivity index (χ0n) is 21.2. The number of amides is 1. The fourth-order valence-electron chi connectivity index (χ4n) is 2.58. The van der Waals surface area contributed by atoms with Gasteiger partial charge < -0.3 is 20.5 Å². The SMILES string of the molecule is C=O.CCSC.CNCC(=O)O.Cc1ccc(CNC(=O)Sc2cccnc2)cc1-c1ccccc1. The third-order valence-corrected chi connectivity index (χ3v) is 5.67. The number of aryl methyl sites for hydroxylation is 1. The first-order valence-electron chi connectivity index (χ1n) is 11.1. The summed E-state index contributed by atoms with van der Waals surface area (Å²) in [7, 11) is 1.59. The van der Waals surface area contributed by atoms with Crippen LogP contribution in [0.2, 0.25) is 0 Å². The zero-order valence-corrected chi connectivity index (χ0v) is 22.8. The third-order valence-electron chi connectivity index (χ3n) is 4.29. The number of rotatable bonds is 7. The van der Waals surface area contributed by atoms with E-state index in [0.717, 1.165) is 22.2 Å². The van der Waals surface area contributed by atoms with Crippen molar-refractivity contribution in [3.05, 3.63) is 84.2 Å². The molecule has 0 saturated carbocycles. The van der Waals surface area contributed by atoms with Gasteiger partial charge in [0.2, 0.25) is 0 Å². The summed E-state index contributed by atoms with van der Waals surface area (Å²) < 4.78 is 0. The van der Waals surface area contributed by atoms with Crippen molar-refractivity contribution in [2.24, 2.45) is 0 Å². The van der Waals surface area contributed by atoms with E-state index < -0.39 is 5.97 Å². The summed E-state index contributed by atoms with van der Waals surface area (Å²) in [6, 6.07) is 20.3. The summed E-state index contributed by atoms with van der Waals surface area (Å²) in [5.74, 6) is 0.414. The van der Waals surface area contributed by atoms with Gasteiger partial charge in [-0.1, -0.05) is 49.4 Å². The molecule has 1 aromatic heterocycles. The summed E-state index contributed by atoms with van der Waals surface area (Å²) in [5, 5.41) is 13.2. The summed E-state index contributed by atoms with van der Waals surface area (Å²) in [4.78, 5) is 34.4. The van der Waals surface area contributed by atoms with E-state index in [9.17, 15) is 9.59 Å². The Morgan fingerprint density at radius 1 is 1.06 bits per heavy atom. The molecular weight excluding hydrogens is 494 g/mol. The van der Waals surface area contributed by atoms with Gasteiger partial charge in [0.05, 0.1) is 6.54 Å². The fraction of sp³-hybridized carbons (Fsp3) is 0.259. The number of aliphatic carboxylic acids is 1. The average molecular weight is 530 g/mol. The molecule has 3 N–H and O–H groups in total. The number of nitrogens with one attached hydrogen (secondary N) is 2. The molecule has 0 aliphatic rings. The highest BCUT2D eigenvalue weighted by Gasteiger charge is 2.06. The number of pyridine rings is 1. The van der Waals surface area contributed by atoms with Crippen molar-refractivity contribution in [2.45, 2.75) is 25.3 Å². The van der Waals surface area contributed by atoms with Gasteiger partial charge in [-0.15, -0.1) is 0 Å². The number of carboxylic acids is 1. The molecule has 0 spiro atoms. The monoisotopic (exact) mass is 529 g/mol. The van der Waals surface area contributed by atoms with Crippen LogP contribution in [0.15, 0.2) is 78.0 Å². The molecule has 0 radical (unpaired) electrons. The summed E-state index contributed by atoms with van der Waals surface area (Å²) in [5.41, 5.74) is 4.69. The third kappa shape index (κ3) is 15.0. The largest absolute Gasteiger partial charge is 0.480 e. The minimum Gasteiger partial charge on any atom is -0.480 e. The smallest absolute Gasteiger partial charge is 0.317 e. The summed E-state index contributed by atoms with van der Waals surface area (Å²) in [6.07, 6.45) is 5.48. The van der Waals surface area contributed by atoms with E-state index >= 15 is 0 Å². The van der Waals surface area contributed by atoms with Crippen LogP contribution in [0.4, 0.5) is 4.79 Å². The predicted octanol–water partition coefficient (Wildman–Crippen LogP) is 5.53. The van der Waals surface area contributed by atoms with E-state index in [1.54, 1.807) is 19.4 Å². The number of carbonyl (C=O) groups is 3. The van der Waals surface area contributed by atoms with E-state index in [1.165, 1.54) is 22.4 Å². The van der Waals surface area contributed by atoms with E-state index in [0.29, 0.717) is 6.54 Å². The highest BCUT2D eigenvalue weighted by atomic mass is 32.2. The van der Waals surface area contributed by atoms with Gasteiger partial charge in [0.15, 0.2) is 0 Å². The Hall–Kier alpha value is -3.14. The number of benzene rings is 2. The summed E-state index contributed by atoms with van der Waals surface area (Å²) >= 11 is 3.01. The van der Waals surface area contributed by atoms with Crippen LogP contribution < -0.4 is 10.6 Å². The van der Waals surface area contributed by atoms with Crippen molar-refractivity contribution in [1.29, 1.82) is 0 Å². The first-order valence-corrected chi connectivity index (χ1v) is 13.3. The lowest BCUT2D eigenvalue weighted by Gasteiger charge is -2.10. The Kier molecular flexibility index (Phi) is 19.3. The number of hydrogen-bond donors (Lipinski definition) is 3. The lowest BCUT2D eigenvalue weighted by atomic mass is 9.98. The van der Waals surface area contributed by atoms with Gasteiger partial charge in [-0.3, -0.25) is 14.6 Å². The van der Waals surface area contributed by atoms with Gasteiger partial charge >= 0.3 is 5.97 Å². The molecule has 0 atom stereocenters. The second-order valence-corrected chi connectivity index (χ2v) is 9.15. The van der Waals surface area contributed by atoms with Crippen LogP contribution >= 0.6 is 23.5 Å². The van der Waals surface area contributed by atoms with Crippen molar-refractivity contribution < 1.29 is 19.5 Å². The normalized spacial score (nSPS) is 9.22. The van der Waals surface area contributed by atoms with Crippen molar-refractivity contribution in [3.8, 4) is 11.1 Å². The van der Waals surface area contributed by atoms with E-state index in [2.05, 4.69) is 66.1 Å². The molecular formula is C27H35N3O4S2. The number of nitrogens with zero attached hydrogens (tertiary/aromatic N) is 1. The van der Waals surface area contributed by atoms with E-state index in [1.807, 2.05) is 48.9 Å². The minimum atomic E-state index is -0.822. The Bertz CT molecular complexity index is 1000. The average Bonchev–Trinajstić information content (AvgIpc) is 2.91. The standard InChI is InChI=1S/C20H18N2OS.C3H7NO2.C3H8S.CH2O/c1-15-9-10-16(12-19(15)17-6-3-2-4-7-17)13-22-20(23)24-18-8-5-11-21-14-18;1-4-2-3(5)6;1-3-4-2;1-2/h2-12,14H,13H2,1H3,(H,22,23);4H,2H2,1H3,(H,5,6);3H2,1-2H3;1H2. The molecule has 3 aromatic rings. The van der Waals surface area contributed by atoms with Crippen molar-refractivity contribution in [2.75, 3.05) is 25.6 Å². The van der Waals surface area contributed by atoms with Crippen LogP contribution in [-0.4, -0.2) is 53.7 Å². The number of carbonyl (C=O) groups excluding carboxylic acids is 2. The van der Waals surface area contributed by atoms with Gasteiger partial charge in [-0.05, 0) is 78.2 Å². The van der Waals surface area contributed by atoms with Crippen LogP contribution in [0.25, 0.3) is 11.1 Å². The Balaban J connectivity index is 0.000000860. The summed E-state index contributed by atoms with van der Waals surface area (Å²) in [6.45, 7) is 6.79. The molecule has 1 heterocycles. The molecule has 0 fully saturated rings. The number of likely N-dealkylation sites (N-methyl/N-ethyl adjacent to an activating group) is 1. The minimum absolute atomic E-state index is 0.0417. The maximum Gasteiger partial charge on any atom is 0.317 e. The quantitative estimate of drug-likeness (QED) is 0.343. The molecule has 0 aliphatic carbocycles. The van der Waals surface area contributed by atoms with Crippen LogP contribution in [0, 0.1) is 6.92 Å². The van der Waals surface area contributed by atoms with Crippen molar-refractivity contribution in [1.82, 2.24) is 15.6 Å². The van der Waals surface area contributed by atoms with Crippen LogP contribution in [0.5, 0.6) is 0 Å². The van der Waals surface area contributed by atoms with Crippen molar-refractivity contribution in [3.63, 3.8) is 0 Å². The van der Waals surface area contributed by atoms with E-state index in [-0.39, 0.29) is 11.8 Å². The highest BCUT2D eigenvalue weighted by Crippen LogP contribution is 2.24. The van der Waals surface area contributed by atoms with Crippen LogP contribution in [0.1, 0.15) is 18.1 Å². The molecule has 0 saturated heterocycles. The molecule has 1 amide bonds. The molecule has 36 heavy (non-hydrogen) atoms. The number of aromatic nitrogens is 1. The molecule has 0 bridgehead atoms. The Morgan fingerprint density at radius 3 is 2.22 bits per heavy atom. The number of hydrogen-bond acceptors (Lipinski definition) is 7. The maximum absolute atomic E-state index is 12.0. The van der Waals surface area contributed by atoms with Gasteiger partial charge in [-0.25, -0.2) is 0 Å². The molecule has 3 rings (SSSR count). The van der Waals surface area contributed by atoms with Gasteiger partial charge in [0, 0.05) is 23.8 Å². The Morgan fingerprint density at radius 2 is 1.72 bits per heavy atom. The fourth-order valence-corrected chi connectivity index (χ4v) is 3.20. The van der Waals surface area contributed by atoms with Crippen LogP contribution in [-0.2, 0) is 16.1 Å². The van der Waals surface area contributed by atoms with Crippen molar-refractivity contribution >= 4 is 41.5 Å². The van der Waals surface area contributed by atoms with E-state index in [4.69, 9.17) is 9.90 Å². The number of carboxylic acid groups (broad SMARTS) is 1. The zero-order chi connectivity index (χ0) is 27.2. The lowest BCUT2D eigenvalue weighted by molar-refractivity contribution is -0.135. The molecule has 194 valence electrons. The maximum atomic E-state index is 12.0. The van der Waals surface area contributed by atoms with Gasteiger partial charge in [-0.2, -0.15) is 11.8 Å². The topological polar surface area (TPSA) is 108 Å². The lowest BCUT2D eigenvalue weighted by Crippen LogP contribution is -2.17. The second-order valence-electron chi connectivity index (χ2n) is 6.95. The first-order chi connectivity index (χ1) is 17.4. The second kappa shape index (κ2) is 21.2.